The van der Waals surface area contributed by atoms with Gasteiger partial charge in [-0.25, -0.2) is 13.6 Å². The molecule has 0 aliphatic carbocycles. The third-order valence-electron chi connectivity index (χ3n) is 3.57. The van der Waals surface area contributed by atoms with Gasteiger partial charge in [0.1, 0.15) is 11.6 Å². The molecule has 2 rings (SSSR count). The Morgan fingerprint density at radius 1 is 1.33 bits per heavy atom. The highest BCUT2D eigenvalue weighted by Gasteiger charge is 2.38. The van der Waals surface area contributed by atoms with Gasteiger partial charge in [0.2, 0.25) is 0 Å². The summed E-state index contributed by atoms with van der Waals surface area (Å²) in [6.45, 7) is 6.39. The van der Waals surface area contributed by atoms with Crippen LogP contribution < -0.4 is 5.32 Å². The average molecular weight is 298 g/mol. The molecule has 4 nitrogen and oxygen atoms in total. The second kappa shape index (κ2) is 5.60. The summed E-state index contributed by atoms with van der Waals surface area (Å²) in [5.74, 6) is -1.60. The first-order valence-electron chi connectivity index (χ1n) is 6.88. The number of halogens is 2. The van der Waals surface area contributed by atoms with Crippen LogP contribution in [0.15, 0.2) is 18.2 Å². The predicted octanol–water partition coefficient (Wildman–Crippen LogP) is 2.80. The zero-order valence-electron chi connectivity index (χ0n) is 12.4. The molecule has 116 valence electrons. The molecule has 1 fully saturated rings. The van der Waals surface area contributed by atoms with E-state index in [4.69, 9.17) is 5.11 Å². The van der Waals surface area contributed by atoms with Gasteiger partial charge >= 0.3 is 6.09 Å². The van der Waals surface area contributed by atoms with Crippen molar-refractivity contribution in [3.8, 4) is 0 Å². The van der Waals surface area contributed by atoms with Crippen LogP contribution in [0.25, 0.3) is 0 Å². The number of nitrogens with one attached hydrogen (secondary N) is 1. The Morgan fingerprint density at radius 2 is 2.00 bits per heavy atom. The average Bonchev–Trinajstić information content (AvgIpc) is 2.70. The molecule has 6 heteroatoms. The molecule has 0 spiro atoms. The van der Waals surface area contributed by atoms with E-state index in [1.807, 2.05) is 20.8 Å². The summed E-state index contributed by atoms with van der Waals surface area (Å²) < 4.78 is 27.1. The number of carboxylic acid groups (broad SMARTS) is 1. The smallest absolute Gasteiger partial charge is 0.407 e. The van der Waals surface area contributed by atoms with Crippen molar-refractivity contribution < 1.29 is 18.7 Å². The maximum atomic E-state index is 14.0. The van der Waals surface area contributed by atoms with Crippen LogP contribution in [0.1, 0.15) is 32.3 Å². The van der Waals surface area contributed by atoms with Crippen molar-refractivity contribution in [2.45, 2.75) is 38.3 Å². The maximum absolute atomic E-state index is 14.0. The van der Waals surface area contributed by atoms with Gasteiger partial charge in [-0.15, -0.1) is 0 Å². The second-order valence-electron chi connectivity index (χ2n) is 6.46. The molecule has 1 aliphatic rings. The minimum atomic E-state index is -1.03. The van der Waals surface area contributed by atoms with Crippen LogP contribution in [0.4, 0.5) is 13.6 Å². The molecule has 0 unspecified atom stereocenters. The lowest BCUT2D eigenvalue weighted by Crippen LogP contribution is -2.47. The molecule has 0 aromatic heterocycles. The highest BCUT2D eigenvalue weighted by molar-refractivity contribution is 5.66. The van der Waals surface area contributed by atoms with Gasteiger partial charge < -0.3 is 15.3 Å². The molecule has 1 aromatic rings. The van der Waals surface area contributed by atoms with Crippen LogP contribution >= 0.6 is 0 Å². The molecule has 1 saturated heterocycles. The van der Waals surface area contributed by atoms with Gasteiger partial charge in [-0.3, -0.25) is 0 Å². The van der Waals surface area contributed by atoms with E-state index in [0.717, 1.165) is 6.07 Å². The first-order chi connectivity index (χ1) is 9.67. The SMILES string of the molecule is CC(C)(C)N[C@@H]1CN(C(=O)O)C[C@H]1c1ccc(F)cc1F. The van der Waals surface area contributed by atoms with Crippen LogP contribution in [0.2, 0.25) is 0 Å². The second-order valence-corrected chi connectivity index (χ2v) is 6.46. The van der Waals surface area contributed by atoms with Gasteiger partial charge in [-0.1, -0.05) is 6.07 Å². The Balaban J connectivity index is 2.30. The number of hydrogen-bond acceptors (Lipinski definition) is 2. The van der Waals surface area contributed by atoms with Crippen molar-refractivity contribution in [3.05, 3.63) is 35.4 Å². The molecule has 1 aliphatic heterocycles. The largest absolute Gasteiger partial charge is 0.465 e. The third-order valence-corrected chi connectivity index (χ3v) is 3.57. The summed E-state index contributed by atoms with van der Waals surface area (Å²) in [5, 5.41) is 12.5. The molecule has 0 bridgehead atoms. The van der Waals surface area contributed by atoms with Crippen molar-refractivity contribution in [2.24, 2.45) is 0 Å². The molecule has 1 aromatic carbocycles. The Hall–Kier alpha value is -1.69. The first-order valence-corrected chi connectivity index (χ1v) is 6.88. The molecule has 0 radical (unpaired) electrons. The molecule has 1 heterocycles. The number of amides is 1. The van der Waals surface area contributed by atoms with Crippen molar-refractivity contribution >= 4 is 6.09 Å². The lowest BCUT2D eigenvalue weighted by molar-refractivity contribution is 0.153. The van der Waals surface area contributed by atoms with Crippen molar-refractivity contribution in [2.75, 3.05) is 13.1 Å². The zero-order valence-corrected chi connectivity index (χ0v) is 12.4. The van der Waals surface area contributed by atoms with E-state index in [1.165, 1.54) is 17.0 Å². The normalized spacial score (nSPS) is 22.6. The maximum Gasteiger partial charge on any atom is 0.407 e. The number of carbonyl (C=O) groups is 1. The van der Waals surface area contributed by atoms with Crippen LogP contribution in [0.3, 0.4) is 0 Å². The lowest BCUT2D eigenvalue weighted by atomic mass is 9.92. The summed E-state index contributed by atoms with van der Waals surface area (Å²) in [5.41, 5.74) is 0.121. The minimum Gasteiger partial charge on any atom is -0.465 e. The summed E-state index contributed by atoms with van der Waals surface area (Å²) in [7, 11) is 0. The van der Waals surface area contributed by atoms with Crippen LogP contribution in [-0.2, 0) is 0 Å². The van der Waals surface area contributed by atoms with Crippen molar-refractivity contribution in [1.29, 1.82) is 0 Å². The van der Waals surface area contributed by atoms with Crippen LogP contribution in [-0.4, -0.2) is 40.8 Å². The topological polar surface area (TPSA) is 52.6 Å². The molecule has 2 N–H and O–H groups in total. The number of nitrogens with zero attached hydrogens (tertiary/aromatic N) is 1. The minimum absolute atomic E-state index is 0.200. The monoisotopic (exact) mass is 298 g/mol. The summed E-state index contributed by atoms with van der Waals surface area (Å²) in [4.78, 5) is 12.4. The summed E-state index contributed by atoms with van der Waals surface area (Å²) >= 11 is 0. The van der Waals surface area contributed by atoms with Gasteiger partial charge in [0.25, 0.3) is 0 Å². The fraction of sp³-hybridized carbons (Fsp3) is 0.533. The van der Waals surface area contributed by atoms with Gasteiger partial charge in [-0.2, -0.15) is 0 Å². The Kier molecular flexibility index (Phi) is 4.18. The van der Waals surface area contributed by atoms with E-state index in [-0.39, 0.29) is 30.6 Å². The number of benzene rings is 1. The van der Waals surface area contributed by atoms with E-state index in [9.17, 15) is 13.6 Å². The fourth-order valence-electron chi connectivity index (χ4n) is 2.78. The van der Waals surface area contributed by atoms with E-state index < -0.39 is 17.7 Å². The molecule has 21 heavy (non-hydrogen) atoms. The Labute approximate surface area is 122 Å². The van der Waals surface area contributed by atoms with E-state index >= 15 is 0 Å². The third kappa shape index (κ3) is 3.69. The van der Waals surface area contributed by atoms with Gasteiger partial charge in [0.15, 0.2) is 0 Å². The van der Waals surface area contributed by atoms with Crippen molar-refractivity contribution in [3.63, 3.8) is 0 Å². The molecule has 2 atom stereocenters. The Bertz CT molecular complexity index is 543. The standard InChI is InChI=1S/C15H20F2N2O2/c1-15(2,3)18-13-8-19(14(20)21)7-11(13)10-5-4-9(16)6-12(10)17/h4-6,11,13,18H,7-8H2,1-3H3,(H,20,21)/t11-,13+/m0/s1. The predicted molar refractivity (Wildman–Crippen MR) is 75.4 cm³/mol. The van der Waals surface area contributed by atoms with Gasteiger partial charge in [0.05, 0.1) is 0 Å². The van der Waals surface area contributed by atoms with Gasteiger partial charge in [-0.05, 0) is 32.4 Å². The summed E-state index contributed by atoms with van der Waals surface area (Å²) in [6.07, 6.45) is -1.03. The number of hydrogen-bond donors (Lipinski definition) is 2. The molecular formula is C15H20F2N2O2. The highest BCUT2D eigenvalue weighted by Crippen LogP contribution is 2.31. The number of likely N-dealkylation sites (tertiary alicyclic amines) is 1. The van der Waals surface area contributed by atoms with E-state index in [0.29, 0.717) is 5.56 Å². The number of rotatable bonds is 2. The quantitative estimate of drug-likeness (QED) is 0.883. The van der Waals surface area contributed by atoms with Crippen LogP contribution in [0.5, 0.6) is 0 Å². The fourth-order valence-corrected chi connectivity index (χ4v) is 2.78. The molecule has 1 amide bonds. The van der Waals surface area contributed by atoms with Crippen molar-refractivity contribution in [1.82, 2.24) is 10.2 Å². The summed E-state index contributed by atoms with van der Waals surface area (Å²) in [6, 6.07) is 3.24. The lowest BCUT2D eigenvalue weighted by Gasteiger charge is -2.29. The van der Waals surface area contributed by atoms with Gasteiger partial charge in [0, 0.05) is 36.7 Å². The molecular weight excluding hydrogens is 278 g/mol. The molecule has 0 saturated carbocycles. The van der Waals surface area contributed by atoms with E-state index in [1.54, 1.807) is 0 Å². The zero-order chi connectivity index (χ0) is 15.8. The first kappa shape index (κ1) is 15.7. The highest BCUT2D eigenvalue weighted by atomic mass is 19.1. The Morgan fingerprint density at radius 3 is 2.52 bits per heavy atom. The van der Waals surface area contributed by atoms with Crippen LogP contribution in [0, 0.1) is 11.6 Å². The van der Waals surface area contributed by atoms with E-state index in [2.05, 4.69) is 5.32 Å².